The van der Waals surface area contributed by atoms with Crippen LogP contribution in [0.15, 0.2) is 0 Å². The SMILES string of the molecule is CCC[P+](=O)ON. The first kappa shape index (κ1) is 7.02. The fourth-order valence-corrected chi connectivity index (χ4v) is 0.706. The minimum atomic E-state index is -1.55. The van der Waals surface area contributed by atoms with Gasteiger partial charge in [-0.3, -0.25) is 0 Å². The van der Waals surface area contributed by atoms with Crippen LogP contribution in [-0.4, -0.2) is 6.16 Å². The van der Waals surface area contributed by atoms with E-state index in [1.54, 1.807) is 0 Å². The van der Waals surface area contributed by atoms with E-state index < -0.39 is 8.03 Å². The van der Waals surface area contributed by atoms with Crippen molar-refractivity contribution in [1.82, 2.24) is 0 Å². The Kier molecular flexibility index (Phi) is 4.20. The van der Waals surface area contributed by atoms with Gasteiger partial charge >= 0.3 is 8.03 Å². The van der Waals surface area contributed by atoms with Crippen molar-refractivity contribution in [2.24, 2.45) is 5.90 Å². The Hall–Kier alpha value is 0.0200. The summed E-state index contributed by atoms with van der Waals surface area (Å²) in [6.07, 6.45) is 1.41. The molecule has 0 rings (SSSR count). The summed E-state index contributed by atoms with van der Waals surface area (Å²) in [5, 5.41) is 0. The van der Waals surface area contributed by atoms with E-state index in [4.69, 9.17) is 0 Å². The van der Waals surface area contributed by atoms with E-state index in [0.717, 1.165) is 6.42 Å². The second-order valence-electron chi connectivity index (χ2n) is 1.16. The Morgan fingerprint density at radius 3 is 2.57 bits per heavy atom. The van der Waals surface area contributed by atoms with Crippen LogP contribution in [0.4, 0.5) is 0 Å². The van der Waals surface area contributed by atoms with Gasteiger partial charge in [0.15, 0.2) is 6.16 Å². The fourth-order valence-electron chi connectivity index (χ4n) is 0.235. The average molecular weight is 122 g/mol. The van der Waals surface area contributed by atoms with Crippen molar-refractivity contribution in [2.45, 2.75) is 13.3 Å². The highest BCUT2D eigenvalue weighted by atomic mass is 31.1. The zero-order chi connectivity index (χ0) is 5.70. The zero-order valence-electron chi connectivity index (χ0n) is 4.26. The second kappa shape index (κ2) is 4.19. The molecule has 0 saturated carbocycles. The van der Waals surface area contributed by atoms with Crippen LogP contribution in [0.1, 0.15) is 13.3 Å². The Morgan fingerprint density at radius 2 is 2.43 bits per heavy atom. The molecule has 42 valence electrons. The molecular formula is C3H9NO2P+. The lowest BCUT2D eigenvalue weighted by Crippen LogP contribution is -1.89. The molecule has 0 fully saturated rings. The Bertz CT molecular complexity index is 66.0. The summed E-state index contributed by atoms with van der Waals surface area (Å²) in [5.74, 6) is 4.57. The first-order valence-electron chi connectivity index (χ1n) is 2.12. The normalized spacial score (nSPS) is 11.4. The van der Waals surface area contributed by atoms with Crippen molar-refractivity contribution in [3.8, 4) is 0 Å². The molecule has 4 heteroatoms. The maximum Gasteiger partial charge on any atom is 0.526 e. The van der Waals surface area contributed by atoms with Crippen molar-refractivity contribution in [2.75, 3.05) is 6.16 Å². The highest BCUT2D eigenvalue weighted by Crippen LogP contribution is 2.18. The molecule has 1 unspecified atom stereocenters. The van der Waals surface area contributed by atoms with Gasteiger partial charge in [-0.2, -0.15) is 5.90 Å². The van der Waals surface area contributed by atoms with Crippen LogP contribution >= 0.6 is 8.03 Å². The Balaban J connectivity index is 3.00. The predicted octanol–water partition coefficient (Wildman–Crippen LogP) is 1.03. The van der Waals surface area contributed by atoms with Gasteiger partial charge in [0.05, 0.1) is 0 Å². The molecule has 0 saturated heterocycles. The van der Waals surface area contributed by atoms with Crippen LogP contribution in [0.25, 0.3) is 0 Å². The lowest BCUT2D eigenvalue weighted by Gasteiger charge is -1.73. The molecule has 2 N–H and O–H groups in total. The van der Waals surface area contributed by atoms with Crippen LogP contribution in [-0.2, 0) is 9.19 Å². The summed E-state index contributed by atoms with van der Waals surface area (Å²) in [4.78, 5) is 0. The molecule has 0 spiro atoms. The van der Waals surface area contributed by atoms with E-state index in [-0.39, 0.29) is 0 Å². The van der Waals surface area contributed by atoms with E-state index in [0.29, 0.717) is 6.16 Å². The summed E-state index contributed by atoms with van der Waals surface area (Å²) in [6, 6.07) is 0. The number of hydrogen-bond acceptors (Lipinski definition) is 3. The van der Waals surface area contributed by atoms with E-state index in [1.165, 1.54) is 0 Å². The highest BCUT2D eigenvalue weighted by molar-refractivity contribution is 7.39. The third-order valence-corrected chi connectivity index (χ3v) is 1.57. The van der Waals surface area contributed by atoms with Gasteiger partial charge in [0.1, 0.15) is 0 Å². The van der Waals surface area contributed by atoms with Crippen LogP contribution in [0.3, 0.4) is 0 Å². The van der Waals surface area contributed by atoms with Gasteiger partial charge in [0, 0.05) is 0 Å². The van der Waals surface area contributed by atoms with Crippen molar-refractivity contribution < 1.29 is 9.19 Å². The average Bonchev–Trinajstić information content (AvgIpc) is 1.68. The maximum atomic E-state index is 10.2. The van der Waals surface area contributed by atoms with E-state index in [9.17, 15) is 4.57 Å². The molecule has 0 heterocycles. The smallest absolute Gasteiger partial charge is 0.164 e. The quantitative estimate of drug-likeness (QED) is 0.449. The molecule has 0 amide bonds. The third-order valence-electron chi connectivity index (χ3n) is 0.524. The lowest BCUT2D eigenvalue weighted by molar-refractivity contribution is 0.345. The molecule has 0 aliphatic carbocycles. The molecule has 0 bridgehead atoms. The van der Waals surface area contributed by atoms with Crippen LogP contribution in [0.2, 0.25) is 0 Å². The molecule has 0 aromatic rings. The second-order valence-corrected chi connectivity index (χ2v) is 2.49. The topological polar surface area (TPSA) is 52.3 Å². The third kappa shape index (κ3) is 3.86. The molecule has 0 aliphatic rings. The van der Waals surface area contributed by atoms with Gasteiger partial charge in [-0.15, -0.1) is 0 Å². The van der Waals surface area contributed by atoms with E-state index in [1.807, 2.05) is 6.92 Å². The summed E-state index contributed by atoms with van der Waals surface area (Å²) in [7, 11) is -1.55. The van der Waals surface area contributed by atoms with Gasteiger partial charge in [0.25, 0.3) is 0 Å². The molecule has 0 aliphatic heterocycles. The maximum absolute atomic E-state index is 10.2. The first-order valence-corrected chi connectivity index (χ1v) is 3.49. The number of rotatable bonds is 3. The monoisotopic (exact) mass is 122 g/mol. The van der Waals surface area contributed by atoms with E-state index in [2.05, 4.69) is 10.5 Å². The molecule has 1 atom stereocenters. The summed E-state index contributed by atoms with van der Waals surface area (Å²) in [5.41, 5.74) is 0. The molecule has 7 heavy (non-hydrogen) atoms. The molecule has 0 aromatic heterocycles. The van der Waals surface area contributed by atoms with Crippen molar-refractivity contribution in [3.05, 3.63) is 0 Å². The van der Waals surface area contributed by atoms with Gasteiger partial charge in [0.2, 0.25) is 0 Å². The Labute approximate surface area is 43.7 Å². The van der Waals surface area contributed by atoms with Gasteiger partial charge in [-0.05, 0) is 11.0 Å². The lowest BCUT2D eigenvalue weighted by atomic mass is 10.6. The van der Waals surface area contributed by atoms with Crippen molar-refractivity contribution in [3.63, 3.8) is 0 Å². The predicted molar refractivity (Wildman–Crippen MR) is 28.0 cm³/mol. The standard InChI is InChI=1S/C3H9NO2P/c1-2-3-7(5)6-4/h2-4H2,1H3/q+1. The van der Waals surface area contributed by atoms with E-state index >= 15 is 0 Å². The largest absolute Gasteiger partial charge is 0.526 e. The van der Waals surface area contributed by atoms with Gasteiger partial charge in [-0.1, -0.05) is 11.5 Å². The fraction of sp³-hybridized carbons (Fsp3) is 1.00. The summed E-state index contributed by atoms with van der Waals surface area (Å²) in [6.45, 7) is 1.92. The summed E-state index contributed by atoms with van der Waals surface area (Å²) >= 11 is 0. The molecule has 0 radical (unpaired) electrons. The van der Waals surface area contributed by atoms with Crippen molar-refractivity contribution in [1.29, 1.82) is 0 Å². The van der Waals surface area contributed by atoms with Crippen LogP contribution in [0.5, 0.6) is 0 Å². The van der Waals surface area contributed by atoms with Crippen LogP contribution in [0, 0.1) is 0 Å². The zero-order valence-corrected chi connectivity index (χ0v) is 5.15. The summed E-state index contributed by atoms with van der Waals surface area (Å²) < 4.78 is 14.2. The number of hydrogen-bond donors (Lipinski definition) is 1. The highest BCUT2D eigenvalue weighted by Gasteiger charge is 2.11. The number of nitrogens with two attached hydrogens (primary N) is 1. The minimum Gasteiger partial charge on any atom is -0.164 e. The van der Waals surface area contributed by atoms with Crippen LogP contribution < -0.4 is 5.90 Å². The Morgan fingerprint density at radius 1 is 1.86 bits per heavy atom. The molecule has 3 nitrogen and oxygen atoms in total. The molecule has 0 aromatic carbocycles. The molecular weight excluding hydrogens is 113 g/mol. The van der Waals surface area contributed by atoms with Crippen molar-refractivity contribution >= 4 is 8.03 Å². The van der Waals surface area contributed by atoms with Gasteiger partial charge in [-0.25, -0.2) is 0 Å². The van der Waals surface area contributed by atoms with Gasteiger partial charge < -0.3 is 0 Å². The first-order chi connectivity index (χ1) is 3.31. The minimum absolute atomic E-state index is 0.561.